The van der Waals surface area contributed by atoms with Crippen molar-refractivity contribution < 1.29 is 9.53 Å². The van der Waals surface area contributed by atoms with E-state index in [9.17, 15) is 4.79 Å². The number of amides is 1. The molecule has 0 N–H and O–H groups in total. The summed E-state index contributed by atoms with van der Waals surface area (Å²) in [5.74, 6) is -0.00135. The highest BCUT2D eigenvalue weighted by atomic mass is 35.5. The van der Waals surface area contributed by atoms with Gasteiger partial charge in [-0.1, -0.05) is 17.7 Å². The molecule has 25 heavy (non-hydrogen) atoms. The van der Waals surface area contributed by atoms with Gasteiger partial charge in [-0.15, -0.1) is 0 Å². The van der Waals surface area contributed by atoms with Crippen LogP contribution in [0.5, 0.6) is 0 Å². The minimum absolute atomic E-state index is 0.00135. The van der Waals surface area contributed by atoms with Crippen molar-refractivity contribution in [2.45, 2.75) is 13.5 Å². The predicted molar refractivity (Wildman–Crippen MR) is 96.7 cm³/mol. The molecule has 1 saturated heterocycles. The van der Waals surface area contributed by atoms with Gasteiger partial charge in [-0.3, -0.25) is 14.8 Å². The second-order valence-corrected chi connectivity index (χ2v) is 6.42. The lowest BCUT2D eigenvalue weighted by Gasteiger charge is -2.36. The zero-order valence-electron chi connectivity index (χ0n) is 14.2. The van der Waals surface area contributed by atoms with E-state index in [-0.39, 0.29) is 12.5 Å². The molecule has 1 fully saturated rings. The maximum absolute atomic E-state index is 12.3. The standard InChI is InChI=1S/C18H21ClN4O2/c1-14-2-3-17(16(19)10-14)22-6-8-23(9-7-22)18(24)13-25-12-15-11-20-4-5-21-15/h2-5,10-11H,6-9,12-13H2,1H3. The zero-order valence-corrected chi connectivity index (χ0v) is 14.9. The van der Waals surface area contributed by atoms with E-state index in [4.69, 9.17) is 16.3 Å². The van der Waals surface area contributed by atoms with Crippen LogP contribution in [0.4, 0.5) is 5.69 Å². The van der Waals surface area contributed by atoms with E-state index in [1.807, 2.05) is 24.0 Å². The summed E-state index contributed by atoms with van der Waals surface area (Å²) in [6.07, 6.45) is 4.85. The Balaban J connectivity index is 1.46. The monoisotopic (exact) mass is 360 g/mol. The predicted octanol–water partition coefficient (Wildman–Crippen LogP) is 2.30. The Kier molecular flexibility index (Phi) is 5.83. The van der Waals surface area contributed by atoms with Crippen molar-refractivity contribution in [1.82, 2.24) is 14.9 Å². The number of ether oxygens (including phenoxy) is 1. The van der Waals surface area contributed by atoms with Gasteiger partial charge in [0, 0.05) is 38.6 Å². The third-order valence-corrected chi connectivity index (χ3v) is 4.47. The molecule has 3 rings (SSSR count). The Morgan fingerprint density at radius 2 is 2.04 bits per heavy atom. The Morgan fingerprint density at radius 1 is 1.24 bits per heavy atom. The number of anilines is 1. The molecule has 6 nitrogen and oxygen atoms in total. The van der Waals surface area contributed by atoms with Gasteiger partial charge in [-0.05, 0) is 24.6 Å². The highest BCUT2D eigenvalue weighted by molar-refractivity contribution is 6.33. The van der Waals surface area contributed by atoms with Gasteiger partial charge in [0.1, 0.15) is 6.61 Å². The van der Waals surface area contributed by atoms with Crippen molar-refractivity contribution in [3.05, 3.63) is 53.1 Å². The Bertz CT molecular complexity index is 718. The van der Waals surface area contributed by atoms with Crippen molar-refractivity contribution in [2.75, 3.05) is 37.7 Å². The molecule has 1 amide bonds. The number of nitrogens with zero attached hydrogens (tertiary/aromatic N) is 4. The second-order valence-electron chi connectivity index (χ2n) is 6.01. The first kappa shape index (κ1) is 17.6. The molecule has 0 spiro atoms. The Labute approximate surface area is 152 Å². The van der Waals surface area contributed by atoms with Crippen LogP contribution >= 0.6 is 11.6 Å². The van der Waals surface area contributed by atoms with Gasteiger partial charge in [-0.25, -0.2) is 0 Å². The van der Waals surface area contributed by atoms with Gasteiger partial charge in [0.05, 0.1) is 29.2 Å². The summed E-state index contributed by atoms with van der Waals surface area (Å²) < 4.78 is 5.45. The van der Waals surface area contributed by atoms with Gasteiger partial charge < -0.3 is 14.5 Å². The minimum Gasteiger partial charge on any atom is -0.367 e. The third-order valence-electron chi connectivity index (χ3n) is 4.17. The lowest BCUT2D eigenvalue weighted by Crippen LogP contribution is -2.49. The average Bonchev–Trinajstić information content (AvgIpc) is 2.63. The van der Waals surface area contributed by atoms with Gasteiger partial charge in [0.15, 0.2) is 0 Å². The maximum Gasteiger partial charge on any atom is 0.248 e. The molecular weight excluding hydrogens is 340 g/mol. The first-order valence-corrected chi connectivity index (χ1v) is 8.63. The largest absolute Gasteiger partial charge is 0.367 e. The van der Waals surface area contributed by atoms with Gasteiger partial charge in [0.2, 0.25) is 5.91 Å². The average molecular weight is 361 g/mol. The van der Waals surface area contributed by atoms with Gasteiger partial charge in [-0.2, -0.15) is 0 Å². The number of carbonyl (C=O) groups is 1. The first-order chi connectivity index (χ1) is 12.1. The molecule has 0 unspecified atom stereocenters. The minimum atomic E-state index is -0.00135. The second kappa shape index (κ2) is 8.27. The molecule has 1 aliphatic heterocycles. The van der Waals surface area contributed by atoms with E-state index in [0.29, 0.717) is 25.4 Å². The number of piperazine rings is 1. The van der Waals surface area contributed by atoms with Crippen molar-refractivity contribution in [3.8, 4) is 0 Å². The van der Waals surface area contributed by atoms with Crippen LogP contribution in [0, 0.1) is 6.92 Å². The number of aromatic nitrogens is 2. The van der Waals surface area contributed by atoms with Crippen LogP contribution in [0.3, 0.4) is 0 Å². The van der Waals surface area contributed by atoms with Crippen LogP contribution in [0.25, 0.3) is 0 Å². The van der Waals surface area contributed by atoms with Crippen molar-refractivity contribution in [3.63, 3.8) is 0 Å². The van der Waals surface area contributed by atoms with E-state index >= 15 is 0 Å². The number of hydrogen-bond acceptors (Lipinski definition) is 5. The van der Waals surface area contributed by atoms with E-state index in [1.54, 1.807) is 18.6 Å². The number of carbonyl (C=O) groups excluding carboxylic acids is 1. The highest BCUT2D eigenvalue weighted by Crippen LogP contribution is 2.27. The molecule has 0 bridgehead atoms. The molecule has 7 heteroatoms. The Morgan fingerprint density at radius 3 is 2.72 bits per heavy atom. The quantitative estimate of drug-likeness (QED) is 0.818. The molecule has 0 atom stereocenters. The molecule has 132 valence electrons. The maximum atomic E-state index is 12.3. The van der Waals surface area contributed by atoms with E-state index in [2.05, 4.69) is 20.9 Å². The summed E-state index contributed by atoms with van der Waals surface area (Å²) in [6.45, 7) is 5.22. The molecular formula is C18H21ClN4O2. The summed E-state index contributed by atoms with van der Waals surface area (Å²) in [4.78, 5) is 24.4. The number of rotatable bonds is 5. The topological polar surface area (TPSA) is 58.6 Å². The van der Waals surface area contributed by atoms with Crippen LogP contribution in [-0.2, 0) is 16.1 Å². The van der Waals surface area contributed by atoms with E-state index in [0.717, 1.165) is 29.4 Å². The lowest BCUT2D eigenvalue weighted by atomic mass is 10.2. The molecule has 2 heterocycles. The first-order valence-electron chi connectivity index (χ1n) is 8.25. The lowest BCUT2D eigenvalue weighted by molar-refractivity contribution is -0.136. The molecule has 2 aromatic rings. The van der Waals surface area contributed by atoms with Crippen LogP contribution in [0.2, 0.25) is 5.02 Å². The van der Waals surface area contributed by atoms with Crippen molar-refractivity contribution in [2.24, 2.45) is 0 Å². The van der Waals surface area contributed by atoms with Crippen molar-refractivity contribution in [1.29, 1.82) is 0 Å². The summed E-state index contributed by atoms with van der Waals surface area (Å²) in [7, 11) is 0. The summed E-state index contributed by atoms with van der Waals surface area (Å²) >= 11 is 6.34. The van der Waals surface area contributed by atoms with Gasteiger partial charge in [0.25, 0.3) is 0 Å². The van der Waals surface area contributed by atoms with Crippen molar-refractivity contribution >= 4 is 23.2 Å². The van der Waals surface area contributed by atoms with Crippen LogP contribution < -0.4 is 4.90 Å². The third kappa shape index (κ3) is 4.67. The molecule has 0 saturated carbocycles. The smallest absolute Gasteiger partial charge is 0.248 e. The molecule has 1 aromatic carbocycles. The number of hydrogen-bond donors (Lipinski definition) is 0. The van der Waals surface area contributed by atoms with Crippen LogP contribution in [0.15, 0.2) is 36.8 Å². The summed E-state index contributed by atoms with van der Waals surface area (Å²) in [5, 5.41) is 0.757. The highest BCUT2D eigenvalue weighted by Gasteiger charge is 2.22. The normalized spacial score (nSPS) is 14.6. The summed E-state index contributed by atoms with van der Waals surface area (Å²) in [5.41, 5.74) is 2.88. The fraction of sp³-hybridized carbons (Fsp3) is 0.389. The SMILES string of the molecule is Cc1ccc(N2CCN(C(=O)COCc3cnccn3)CC2)c(Cl)c1. The zero-order chi connectivity index (χ0) is 17.6. The molecule has 1 aliphatic rings. The fourth-order valence-corrected chi connectivity index (χ4v) is 3.16. The van der Waals surface area contributed by atoms with Crippen LogP contribution in [-0.4, -0.2) is 53.6 Å². The molecule has 0 aliphatic carbocycles. The summed E-state index contributed by atoms with van der Waals surface area (Å²) in [6, 6.07) is 6.06. The molecule has 0 radical (unpaired) electrons. The number of halogens is 1. The van der Waals surface area contributed by atoms with Crippen LogP contribution in [0.1, 0.15) is 11.3 Å². The number of aryl methyl sites for hydroxylation is 1. The number of benzene rings is 1. The molecule has 1 aromatic heterocycles. The fourth-order valence-electron chi connectivity index (χ4n) is 2.80. The van der Waals surface area contributed by atoms with Gasteiger partial charge >= 0.3 is 0 Å². The Hall–Kier alpha value is -2.18. The van der Waals surface area contributed by atoms with E-state index in [1.165, 1.54) is 0 Å². The van der Waals surface area contributed by atoms with E-state index < -0.39 is 0 Å².